The third-order valence-electron chi connectivity index (χ3n) is 2.61. The van der Waals surface area contributed by atoms with Crippen LogP contribution in [-0.4, -0.2) is 42.1 Å². The zero-order chi connectivity index (χ0) is 15.3. The Balaban J connectivity index is 3.00. The molecule has 0 saturated heterocycles. The highest BCUT2D eigenvalue weighted by Crippen LogP contribution is 2.09. The number of ketones is 1. The standard InChI is InChI=1S/C14H15NO5/c1-4-20-14(19)11-7-5-6-10(8-11)12(17)13(18)15(3)9(2)16/h5-8H,4H2,1-3H3. The molecular formula is C14H15NO5. The molecule has 0 aliphatic heterocycles. The second kappa shape index (κ2) is 6.60. The van der Waals surface area contributed by atoms with Gasteiger partial charge in [-0.3, -0.25) is 19.3 Å². The van der Waals surface area contributed by atoms with E-state index in [-0.39, 0.29) is 17.7 Å². The van der Waals surface area contributed by atoms with E-state index in [0.717, 1.165) is 4.90 Å². The van der Waals surface area contributed by atoms with Crippen molar-refractivity contribution in [3.8, 4) is 0 Å². The summed E-state index contributed by atoms with van der Waals surface area (Å²) in [6.45, 7) is 3.06. The van der Waals surface area contributed by atoms with Gasteiger partial charge < -0.3 is 4.74 Å². The normalized spacial score (nSPS) is 9.75. The minimum atomic E-state index is -0.946. The maximum atomic E-state index is 11.9. The molecule has 0 saturated carbocycles. The molecule has 1 aromatic carbocycles. The van der Waals surface area contributed by atoms with E-state index in [2.05, 4.69) is 0 Å². The summed E-state index contributed by atoms with van der Waals surface area (Å²) in [5.74, 6) is -2.91. The second-order valence-electron chi connectivity index (χ2n) is 4.01. The Morgan fingerprint density at radius 2 is 1.75 bits per heavy atom. The van der Waals surface area contributed by atoms with Crippen molar-refractivity contribution in [2.24, 2.45) is 0 Å². The predicted octanol–water partition coefficient (Wildman–Crippen LogP) is 1.05. The number of likely N-dealkylation sites (N-methyl/N-ethyl adjacent to an activating group) is 1. The summed E-state index contributed by atoms with van der Waals surface area (Å²) in [6.07, 6.45) is 0. The summed E-state index contributed by atoms with van der Waals surface area (Å²) in [5, 5.41) is 0. The van der Waals surface area contributed by atoms with Gasteiger partial charge in [0.15, 0.2) is 0 Å². The molecular weight excluding hydrogens is 262 g/mol. The number of benzene rings is 1. The zero-order valence-corrected chi connectivity index (χ0v) is 11.5. The SMILES string of the molecule is CCOC(=O)c1cccc(C(=O)C(=O)N(C)C(C)=O)c1. The van der Waals surface area contributed by atoms with Crippen molar-refractivity contribution < 1.29 is 23.9 Å². The molecule has 0 aliphatic carbocycles. The summed E-state index contributed by atoms with van der Waals surface area (Å²) in [4.78, 5) is 47.0. The smallest absolute Gasteiger partial charge is 0.338 e. The highest BCUT2D eigenvalue weighted by Gasteiger charge is 2.23. The first kappa shape index (κ1) is 15.6. The molecule has 1 aromatic rings. The van der Waals surface area contributed by atoms with Crippen LogP contribution in [0.25, 0.3) is 0 Å². The van der Waals surface area contributed by atoms with Crippen LogP contribution >= 0.6 is 0 Å². The molecule has 0 atom stereocenters. The number of carbonyl (C=O) groups excluding carboxylic acids is 4. The molecule has 0 unspecified atom stereocenters. The number of hydrogen-bond donors (Lipinski definition) is 0. The van der Waals surface area contributed by atoms with E-state index in [1.807, 2.05) is 0 Å². The molecule has 0 fully saturated rings. The molecule has 106 valence electrons. The minimum Gasteiger partial charge on any atom is -0.462 e. The van der Waals surface area contributed by atoms with Crippen LogP contribution in [0.5, 0.6) is 0 Å². The highest BCUT2D eigenvalue weighted by atomic mass is 16.5. The van der Waals surface area contributed by atoms with Gasteiger partial charge in [0.2, 0.25) is 5.91 Å². The van der Waals surface area contributed by atoms with Crippen molar-refractivity contribution in [3.63, 3.8) is 0 Å². The van der Waals surface area contributed by atoms with Crippen LogP contribution in [0.3, 0.4) is 0 Å². The summed E-state index contributed by atoms with van der Waals surface area (Å²) in [7, 11) is 1.22. The number of Topliss-reactive ketones (excluding diaryl/α,β-unsaturated/α-hetero) is 1. The number of carbonyl (C=O) groups is 4. The zero-order valence-electron chi connectivity index (χ0n) is 11.5. The van der Waals surface area contributed by atoms with Crippen molar-refractivity contribution >= 4 is 23.6 Å². The third-order valence-corrected chi connectivity index (χ3v) is 2.61. The Morgan fingerprint density at radius 3 is 2.30 bits per heavy atom. The maximum absolute atomic E-state index is 11.9. The monoisotopic (exact) mass is 277 g/mol. The van der Waals surface area contributed by atoms with Crippen molar-refractivity contribution in [3.05, 3.63) is 35.4 Å². The average Bonchev–Trinajstić information content (AvgIpc) is 2.45. The first-order valence-electron chi connectivity index (χ1n) is 5.98. The molecule has 0 radical (unpaired) electrons. The van der Waals surface area contributed by atoms with Gasteiger partial charge in [0, 0.05) is 19.5 Å². The molecule has 0 N–H and O–H groups in total. The first-order chi connectivity index (χ1) is 9.38. The molecule has 20 heavy (non-hydrogen) atoms. The largest absolute Gasteiger partial charge is 0.462 e. The molecule has 6 nitrogen and oxygen atoms in total. The van der Waals surface area contributed by atoms with E-state index >= 15 is 0 Å². The van der Waals surface area contributed by atoms with Gasteiger partial charge in [0.1, 0.15) is 0 Å². The number of ether oxygens (including phenoxy) is 1. The maximum Gasteiger partial charge on any atom is 0.338 e. The van der Waals surface area contributed by atoms with E-state index in [1.165, 1.54) is 38.2 Å². The number of rotatable bonds is 4. The molecule has 0 bridgehead atoms. The van der Waals surface area contributed by atoms with Gasteiger partial charge in [0.25, 0.3) is 5.78 Å². The lowest BCUT2D eigenvalue weighted by molar-refractivity contribution is -0.138. The molecule has 0 aromatic heterocycles. The van der Waals surface area contributed by atoms with Crippen LogP contribution < -0.4 is 0 Å². The van der Waals surface area contributed by atoms with Crippen molar-refractivity contribution in [1.29, 1.82) is 0 Å². The first-order valence-corrected chi connectivity index (χ1v) is 5.98. The van der Waals surface area contributed by atoms with Crippen molar-refractivity contribution in [2.75, 3.05) is 13.7 Å². The van der Waals surface area contributed by atoms with Crippen LogP contribution in [0.1, 0.15) is 34.6 Å². The van der Waals surface area contributed by atoms with Gasteiger partial charge >= 0.3 is 11.9 Å². The van der Waals surface area contributed by atoms with Gasteiger partial charge in [-0.15, -0.1) is 0 Å². The van der Waals surface area contributed by atoms with Crippen LogP contribution in [0.15, 0.2) is 24.3 Å². The lowest BCUT2D eigenvalue weighted by Gasteiger charge is -2.11. The van der Waals surface area contributed by atoms with Crippen LogP contribution in [-0.2, 0) is 14.3 Å². The fraction of sp³-hybridized carbons (Fsp3) is 0.286. The number of hydrogen-bond acceptors (Lipinski definition) is 5. The third kappa shape index (κ3) is 3.50. The highest BCUT2D eigenvalue weighted by molar-refractivity contribution is 6.44. The predicted molar refractivity (Wildman–Crippen MR) is 70.2 cm³/mol. The molecule has 0 heterocycles. The lowest BCUT2D eigenvalue weighted by Crippen LogP contribution is -2.36. The topological polar surface area (TPSA) is 80.8 Å². The number of imide groups is 1. The number of amides is 2. The summed E-state index contributed by atoms with van der Waals surface area (Å²) >= 11 is 0. The Bertz CT molecular complexity index is 564. The van der Waals surface area contributed by atoms with Gasteiger partial charge in [0.05, 0.1) is 12.2 Å². The van der Waals surface area contributed by atoms with E-state index in [4.69, 9.17) is 4.74 Å². The van der Waals surface area contributed by atoms with E-state index in [1.54, 1.807) is 6.92 Å². The van der Waals surface area contributed by atoms with Gasteiger partial charge in [-0.1, -0.05) is 12.1 Å². The number of nitrogens with zero attached hydrogens (tertiary/aromatic N) is 1. The fourth-order valence-electron chi connectivity index (χ4n) is 1.42. The Morgan fingerprint density at radius 1 is 1.15 bits per heavy atom. The molecule has 0 spiro atoms. The Kier molecular flexibility index (Phi) is 5.14. The summed E-state index contributed by atoms with van der Waals surface area (Å²) < 4.78 is 4.81. The van der Waals surface area contributed by atoms with Crippen LogP contribution in [0.4, 0.5) is 0 Å². The van der Waals surface area contributed by atoms with Gasteiger partial charge in [-0.05, 0) is 19.1 Å². The second-order valence-corrected chi connectivity index (χ2v) is 4.01. The van der Waals surface area contributed by atoms with Crippen LogP contribution in [0.2, 0.25) is 0 Å². The van der Waals surface area contributed by atoms with E-state index in [0.29, 0.717) is 0 Å². The lowest BCUT2D eigenvalue weighted by atomic mass is 10.1. The average molecular weight is 277 g/mol. The number of esters is 1. The van der Waals surface area contributed by atoms with Gasteiger partial charge in [-0.2, -0.15) is 0 Å². The fourth-order valence-corrected chi connectivity index (χ4v) is 1.42. The van der Waals surface area contributed by atoms with Crippen molar-refractivity contribution in [2.45, 2.75) is 13.8 Å². The quantitative estimate of drug-likeness (QED) is 0.467. The molecule has 6 heteroatoms. The minimum absolute atomic E-state index is 0.0358. The van der Waals surface area contributed by atoms with E-state index < -0.39 is 23.6 Å². The Labute approximate surface area is 116 Å². The van der Waals surface area contributed by atoms with Crippen LogP contribution in [0, 0.1) is 0 Å². The van der Waals surface area contributed by atoms with E-state index in [9.17, 15) is 19.2 Å². The van der Waals surface area contributed by atoms with Gasteiger partial charge in [-0.25, -0.2) is 4.79 Å². The summed E-state index contributed by atoms with van der Waals surface area (Å²) in [5.41, 5.74) is 0.213. The Hall–Kier alpha value is -2.50. The molecule has 2 amide bonds. The molecule has 1 rings (SSSR count). The summed E-state index contributed by atoms with van der Waals surface area (Å²) in [6, 6.07) is 5.62. The van der Waals surface area contributed by atoms with Crippen molar-refractivity contribution in [1.82, 2.24) is 4.90 Å². The molecule has 0 aliphatic rings.